The van der Waals surface area contributed by atoms with Crippen molar-refractivity contribution in [2.24, 2.45) is 0 Å². The minimum atomic E-state index is -0.447. The SMILES string of the molecule is O=c1ccn(-c2cncs2)c(=O)[nH]1. The molecule has 0 spiro atoms. The molecule has 2 aromatic heterocycles. The molecule has 0 aliphatic carbocycles. The third kappa shape index (κ3) is 1.43. The molecule has 13 heavy (non-hydrogen) atoms. The summed E-state index contributed by atoms with van der Waals surface area (Å²) < 4.78 is 1.33. The summed E-state index contributed by atoms with van der Waals surface area (Å²) in [7, 11) is 0. The van der Waals surface area contributed by atoms with Gasteiger partial charge in [0.25, 0.3) is 5.56 Å². The van der Waals surface area contributed by atoms with Crippen LogP contribution >= 0.6 is 11.3 Å². The summed E-state index contributed by atoms with van der Waals surface area (Å²) in [6.07, 6.45) is 2.99. The van der Waals surface area contributed by atoms with Crippen molar-refractivity contribution in [1.82, 2.24) is 14.5 Å². The first-order chi connectivity index (χ1) is 6.27. The molecule has 0 radical (unpaired) electrons. The van der Waals surface area contributed by atoms with Gasteiger partial charge in [-0.2, -0.15) is 0 Å². The van der Waals surface area contributed by atoms with Crippen LogP contribution in [-0.4, -0.2) is 14.5 Å². The van der Waals surface area contributed by atoms with Crippen LogP contribution in [0, 0.1) is 0 Å². The monoisotopic (exact) mass is 195 g/mol. The molecule has 66 valence electrons. The fourth-order valence-electron chi connectivity index (χ4n) is 0.919. The molecule has 0 amide bonds. The molecule has 0 aliphatic heterocycles. The van der Waals surface area contributed by atoms with Gasteiger partial charge in [0.15, 0.2) is 0 Å². The van der Waals surface area contributed by atoms with Crippen molar-refractivity contribution < 1.29 is 0 Å². The van der Waals surface area contributed by atoms with E-state index in [9.17, 15) is 9.59 Å². The van der Waals surface area contributed by atoms with E-state index in [-0.39, 0.29) is 0 Å². The number of hydrogen-bond acceptors (Lipinski definition) is 4. The Hall–Kier alpha value is -1.69. The van der Waals surface area contributed by atoms with E-state index in [1.54, 1.807) is 11.7 Å². The predicted octanol–water partition coefficient (Wildman–Crippen LogP) is -0.0177. The van der Waals surface area contributed by atoms with Gasteiger partial charge in [0, 0.05) is 12.3 Å². The summed E-state index contributed by atoms with van der Waals surface area (Å²) in [6.45, 7) is 0. The standard InChI is InChI=1S/C7H5N3O2S/c11-5-1-2-10(7(12)9-5)6-3-8-4-13-6/h1-4H,(H,9,11,12). The number of hydrogen-bond donors (Lipinski definition) is 1. The van der Waals surface area contributed by atoms with Crippen LogP contribution in [0.1, 0.15) is 0 Å². The summed E-state index contributed by atoms with van der Waals surface area (Å²) in [5.41, 5.74) is 0.773. The van der Waals surface area contributed by atoms with Gasteiger partial charge in [0.2, 0.25) is 0 Å². The van der Waals surface area contributed by atoms with Gasteiger partial charge in [0.05, 0.1) is 11.7 Å². The maximum atomic E-state index is 11.2. The molecule has 0 fully saturated rings. The van der Waals surface area contributed by atoms with Gasteiger partial charge in [-0.3, -0.25) is 19.3 Å². The van der Waals surface area contributed by atoms with Crippen molar-refractivity contribution in [3.05, 3.63) is 44.8 Å². The van der Waals surface area contributed by atoms with Gasteiger partial charge in [0.1, 0.15) is 5.00 Å². The largest absolute Gasteiger partial charge is 0.333 e. The van der Waals surface area contributed by atoms with Crippen LogP contribution in [0.3, 0.4) is 0 Å². The lowest BCUT2D eigenvalue weighted by Crippen LogP contribution is -2.26. The second-order valence-electron chi connectivity index (χ2n) is 2.32. The third-order valence-corrected chi connectivity index (χ3v) is 2.25. The molecule has 1 N–H and O–H groups in total. The zero-order chi connectivity index (χ0) is 9.26. The fraction of sp³-hybridized carbons (Fsp3) is 0. The van der Waals surface area contributed by atoms with Gasteiger partial charge in [-0.15, -0.1) is 11.3 Å². The van der Waals surface area contributed by atoms with E-state index >= 15 is 0 Å². The van der Waals surface area contributed by atoms with Crippen LogP contribution in [0.4, 0.5) is 0 Å². The molecule has 2 aromatic rings. The van der Waals surface area contributed by atoms with Crippen LogP contribution in [0.25, 0.3) is 5.00 Å². The van der Waals surface area contributed by atoms with Gasteiger partial charge in [-0.05, 0) is 0 Å². The molecule has 5 nitrogen and oxygen atoms in total. The van der Waals surface area contributed by atoms with Crippen molar-refractivity contribution in [3.8, 4) is 5.00 Å². The van der Waals surface area contributed by atoms with Gasteiger partial charge < -0.3 is 0 Å². The Balaban J connectivity index is 2.67. The topological polar surface area (TPSA) is 67.8 Å². The van der Waals surface area contributed by atoms with Crippen molar-refractivity contribution in [3.63, 3.8) is 0 Å². The lowest BCUT2D eigenvalue weighted by molar-refractivity contribution is 0.907. The molecule has 0 atom stereocenters. The fourth-order valence-corrected chi connectivity index (χ4v) is 1.53. The number of H-pyrrole nitrogens is 1. The number of aromatic nitrogens is 3. The highest BCUT2D eigenvalue weighted by Gasteiger charge is 1.99. The highest BCUT2D eigenvalue weighted by molar-refractivity contribution is 7.12. The smallest absolute Gasteiger partial charge is 0.274 e. The van der Waals surface area contributed by atoms with Gasteiger partial charge >= 0.3 is 5.69 Å². The third-order valence-electron chi connectivity index (χ3n) is 1.48. The van der Waals surface area contributed by atoms with E-state index < -0.39 is 11.2 Å². The minimum Gasteiger partial charge on any atom is -0.274 e. The van der Waals surface area contributed by atoms with Crippen molar-refractivity contribution >= 4 is 11.3 Å². The molecule has 0 aliphatic rings. The van der Waals surface area contributed by atoms with Gasteiger partial charge in [-0.25, -0.2) is 4.79 Å². The van der Waals surface area contributed by atoms with Crippen molar-refractivity contribution in [2.75, 3.05) is 0 Å². The maximum Gasteiger partial charge on any atom is 0.333 e. The highest BCUT2D eigenvalue weighted by Crippen LogP contribution is 2.07. The molecule has 0 saturated heterocycles. The Morgan fingerprint density at radius 2 is 2.31 bits per heavy atom. The average molecular weight is 195 g/mol. The molecular weight excluding hydrogens is 190 g/mol. The quantitative estimate of drug-likeness (QED) is 0.695. The molecule has 0 bridgehead atoms. The zero-order valence-electron chi connectivity index (χ0n) is 6.43. The van der Waals surface area contributed by atoms with E-state index in [4.69, 9.17) is 0 Å². The molecule has 0 saturated carbocycles. The number of nitrogens with one attached hydrogen (secondary N) is 1. The Morgan fingerprint density at radius 1 is 1.46 bits per heavy atom. The molecule has 0 unspecified atom stereocenters. The summed E-state index contributed by atoms with van der Waals surface area (Å²) in [5, 5.41) is 0.682. The zero-order valence-corrected chi connectivity index (χ0v) is 7.25. The van der Waals surface area contributed by atoms with Gasteiger partial charge in [-0.1, -0.05) is 0 Å². The van der Waals surface area contributed by atoms with E-state index in [2.05, 4.69) is 9.97 Å². The summed E-state index contributed by atoms with van der Waals surface area (Å²) >= 11 is 1.33. The molecular formula is C7H5N3O2S. The summed E-state index contributed by atoms with van der Waals surface area (Å²) in [6, 6.07) is 1.29. The second-order valence-corrected chi connectivity index (χ2v) is 3.18. The Morgan fingerprint density at radius 3 is 2.92 bits per heavy atom. The van der Waals surface area contributed by atoms with E-state index in [1.807, 2.05) is 0 Å². The van der Waals surface area contributed by atoms with Crippen LogP contribution in [0.5, 0.6) is 0 Å². The number of thiazole rings is 1. The minimum absolute atomic E-state index is 0.397. The number of aromatic amines is 1. The molecule has 0 aromatic carbocycles. The normalized spacial score (nSPS) is 10.2. The van der Waals surface area contributed by atoms with Crippen LogP contribution in [0.15, 0.2) is 33.6 Å². The van der Waals surface area contributed by atoms with E-state index in [0.29, 0.717) is 5.00 Å². The first-order valence-electron chi connectivity index (χ1n) is 3.48. The Bertz CT molecular complexity index is 511. The van der Waals surface area contributed by atoms with Crippen molar-refractivity contribution in [1.29, 1.82) is 0 Å². The number of nitrogens with zero attached hydrogens (tertiary/aromatic N) is 2. The van der Waals surface area contributed by atoms with Crippen LogP contribution in [-0.2, 0) is 0 Å². The Labute approximate surface area is 76.3 Å². The lowest BCUT2D eigenvalue weighted by atomic mass is 10.6. The molecule has 2 rings (SSSR count). The van der Waals surface area contributed by atoms with Crippen molar-refractivity contribution in [2.45, 2.75) is 0 Å². The second kappa shape index (κ2) is 2.98. The van der Waals surface area contributed by atoms with Crippen LogP contribution in [0.2, 0.25) is 0 Å². The first-order valence-corrected chi connectivity index (χ1v) is 4.36. The first kappa shape index (κ1) is 7.93. The predicted molar refractivity (Wildman–Crippen MR) is 48.3 cm³/mol. The molecule has 6 heteroatoms. The summed E-state index contributed by atoms with van der Waals surface area (Å²) in [5.74, 6) is 0. The number of rotatable bonds is 1. The van der Waals surface area contributed by atoms with Crippen LogP contribution < -0.4 is 11.2 Å². The lowest BCUT2D eigenvalue weighted by Gasteiger charge is -1.97. The average Bonchev–Trinajstić information content (AvgIpc) is 2.56. The summed E-state index contributed by atoms with van der Waals surface area (Å²) in [4.78, 5) is 27.9. The molecule has 2 heterocycles. The van der Waals surface area contributed by atoms with E-state index in [0.717, 1.165) is 0 Å². The Kier molecular flexibility index (Phi) is 1.82. The maximum absolute atomic E-state index is 11.2. The van der Waals surface area contributed by atoms with E-state index in [1.165, 1.54) is 28.2 Å². The highest BCUT2D eigenvalue weighted by atomic mass is 32.1.